The van der Waals surface area contributed by atoms with Crippen LogP contribution in [0.3, 0.4) is 0 Å². The summed E-state index contributed by atoms with van der Waals surface area (Å²) in [5.41, 5.74) is 0. The molecule has 27 heavy (non-hydrogen) atoms. The Balaban J connectivity index is 1.87. The maximum absolute atomic E-state index is 2.41. The lowest BCUT2D eigenvalue weighted by atomic mass is 10.0. The molecule has 0 saturated carbocycles. The summed E-state index contributed by atoms with van der Waals surface area (Å²) in [4.78, 5) is 0. The van der Waals surface area contributed by atoms with Crippen molar-refractivity contribution in [2.75, 3.05) is 0 Å². The van der Waals surface area contributed by atoms with Crippen molar-refractivity contribution in [2.24, 2.45) is 0 Å². The second-order valence-corrected chi connectivity index (χ2v) is 8.85. The third-order valence-corrected chi connectivity index (χ3v) is 7.50. The van der Waals surface area contributed by atoms with Crippen LogP contribution in [-0.4, -0.2) is 0 Å². The van der Waals surface area contributed by atoms with E-state index in [1.54, 1.807) is 0 Å². The van der Waals surface area contributed by atoms with Crippen LogP contribution in [-0.2, 0) is 0 Å². The van der Waals surface area contributed by atoms with Gasteiger partial charge in [0, 0.05) is 0 Å². The van der Waals surface area contributed by atoms with Crippen LogP contribution in [0.5, 0.6) is 0 Å². The lowest BCUT2D eigenvalue weighted by molar-refractivity contribution is 1.75. The van der Waals surface area contributed by atoms with Crippen LogP contribution in [0.15, 0.2) is 115 Å². The normalized spacial score (nSPS) is 11.3. The number of rotatable bonds is 3. The Morgan fingerprint density at radius 3 is 1.52 bits per heavy atom. The maximum atomic E-state index is 2.41. The Bertz CT molecular complexity index is 1170. The number of hydrogen-bond donors (Lipinski definition) is 0. The van der Waals surface area contributed by atoms with Gasteiger partial charge in [0.05, 0.1) is 0 Å². The first kappa shape index (κ1) is 16.2. The fraction of sp³-hybridized carbons (Fsp3) is 0. The molecule has 0 spiro atoms. The zero-order valence-corrected chi connectivity index (χ0v) is 15.8. The third-order valence-electron chi connectivity index (χ3n) is 5.02. The number of hydrogen-bond acceptors (Lipinski definition) is 0. The van der Waals surface area contributed by atoms with Gasteiger partial charge in [-0.05, 0) is 51.4 Å². The molecule has 5 aromatic carbocycles. The molecule has 0 nitrogen and oxygen atoms in total. The lowest BCUT2D eigenvalue weighted by Gasteiger charge is -2.22. The molecule has 0 unspecified atom stereocenters. The summed E-state index contributed by atoms with van der Waals surface area (Å²) in [6, 6.07) is 41.8. The van der Waals surface area contributed by atoms with Crippen molar-refractivity contribution < 1.29 is 0 Å². The van der Waals surface area contributed by atoms with E-state index in [4.69, 9.17) is 0 Å². The van der Waals surface area contributed by atoms with Gasteiger partial charge in [-0.2, -0.15) is 0 Å². The smallest absolute Gasteiger partial charge is 0.00662 e. The maximum Gasteiger partial charge on any atom is -0.00662 e. The molecule has 0 N–H and O–H groups in total. The summed E-state index contributed by atoms with van der Waals surface area (Å²) >= 11 is 0. The van der Waals surface area contributed by atoms with E-state index in [1.165, 1.54) is 37.5 Å². The van der Waals surface area contributed by atoms with E-state index in [2.05, 4.69) is 115 Å². The van der Waals surface area contributed by atoms with Gasteiger partial charge in [-0.1, -0.05) is 109 Å². The zero-order chi connectivity index (χ0) is 18.1. The van der Waals surface area contributed by atoms with Gasteiger partial charge in [-0.15, -0.1) is 0 Å². The van der Waals surface area contributed by atoms with Crippen LogP contribution in [0.25, 0.3) is 21.5 Å². The van der Waals surface area contributed by atoms with E-state index in [0.29, 0.717) is 0 Å². The van der Waals surface area contributed by atoms with Crippen molar-refractivity contribution in [3.63, 3.8) is 0 Å². The molecule has 0 heterocycles. The molecule has 5 aromatic rings. The van der Waals surface area contributed by atoms with E-state index < -0.39 is 7.92 Å². The zero-order valence-electron chi connectivity index (χ0n) is 14.9. The summed E-state index contributed by atoms with van der Waals surface area (Å²) in [5, 5.41) is 9.54. The van der Waals surface area contributed by atoms with Crippen molar-refractivity contribution >= 4 is 45.4 Å². The highest BCUT2D eigenvalue weighted by Crippen LogP contribution is 2.38. The minimum Gasteiger partial charge on any atom is -0.0622 e. The van der Waals surface area contributed by atoms with Crippen LogP contribution >= 0.6 is 7.92 Å². The molecule has 0 fully saturated rings. The first-order valence-electron chi connectivity index (χ1n) is 9.22. The summed E-state index contributed by atoms with van der Waals surface area (Å²) in [5.74, 6) is 0. The van der Waals surface area contributed by atoms with Crippen molar-refractivity contribution in [1.82, 2.24) is 0 Å². The molecule has 0 atom stereocenters. The minimum absolute atomic E-state index is 0.619. The molecule has 0 aliphatic heterocycles. The van der Waals surface area contributed by atoms with Crippen molar-refractivity contribution in [3.8, 4) is 0 Å². The Morgan fingerprint density at radius 2 is 0.889 bits per heavy atom. The number of benzene rings is 5. The molecule has 128 valence electrons. The van der Waals surface area contributed by atoms with E-state index in [0.717, 1.165) is 0 Å². The van der Waals surface area contributed by atoms with Crippen molar-refractivity contribution in [3.05, 3.63) is 115 Å². The molecule has 0 amide bonds. The van der Waals surface area contributed by atoms with E-state index in [-0.39, 0.29) is 0 Å². The quantitative estimate of drug-likeness (QED) is 0.283. The highest BCUT2D eigenvalue weighted by atomic mass is 31.1. The molecular weight excluding hydrogens is 343 g/mol. The Hall–Kier alpha value is -2.95. The van der Waals surface area contributed by atoms with Crippen LogP contribution in [0.1, 0.15) is 0 Å². The summed E-state index contributed by atoms with van der Waals surface area (Å²) in [6.45, 7) is 0. The topological polar surface area (TPSA) is 0 Å². The van der Waals surface area contributed by atoms with Gasteiger partial charge in [0.2, 0.25) is 0 Å². The van der Waals surface area contributed by atoms with Crippen molar-refractivity contribution in [2.45, 2.75) is 0 Å². The highest BCUT2D eigenvalue weighted by Gasteiger charge is 2.19. The van der Waals surface area contributed by atoms with Gasteiger partial charge >= 0.3 is 0 Å². The average Bonchev–Trinajstić information content (AvgIpc) is 2.76. The Kier molecular flexibility index (Phi) is 4.20. The van der Waals surface area contributed by atoms with Gasteiger partial charge in [0.25, 0.3) is 0 Å². The SMILES string of the molecule is c1ccc(P(c2ccccc2)c2cc3ccccc3c3ccccc23)cc1. The molecule has 0 radical (unpaired) electrons. The van der Waals surface area contributed by atoms with E-state index in [1.807, 2.05) is 0 Å². The van der Waals surface area contributed by atoms with Gasteiger partial charge in [-0.25, -0.2) is 0 Å². The predicted octanol–water partition coefficient (Wildman–Crippen LogP) is 5.75. The molecule has 0 saturated heterocycles. The Morgan fingerprint density at radius 1 is 0.407 bits per heavy atom. The second-order valence-electron chi connectivity index (χ2n) is 6.67. The third kappa shape index (κ3) is 2.93. The molecule has 0 aliphatic rings. The molecule has 0 aliphatic carbocycles. The van der Waals surface area contributed by atoms with Gasteiger partial charge in [-0.3, -0.25) is 0 Å². The minimum atomic E-state index is -0.619. The Labute approximate surface area is 160 Å². The van der Waals surface area contributed by atoms with Crippen molar-refractivity contribution in [1.29, 1.82) is 0 Å². The van der Waals surface area contributed by atoms with E-state index >= 15 is 0 Å². The van der Waals surface area contributed by atoms with Gasteiger partial charge < -0.3 is 0 Å². The second kappa shape index (κ2) is 6.99. The van der Waals surface area contributed by atoms with Crippen LogP contribution in [0.4, 0.5) is 0 Å². The molecule has 0 aromatic heterocycles. The summed E-state index contributed by atoms with van der Waals surface area (Å²) < 4.78 is 0. The fourth-order valence-corrected chi connectivity index (χ4v) is 6.30. The van der Waals surface area contributed by atoms with Crippen LogP contribution in [0.2, 0.25) is 0 Å². The lowest BCUT2D eigenvalue weighted by Crippen LogP contribution is -2.21. The fourth-order valence-electron chi connectivity index (χ4n) is 3.80. The summed E-state index contributed by atoms with van der Waals surface area (Å²) in [7, 11) is -0.619. The van der Waals surface area contributed by atoms with Crippen LogP contribution < -0.4 is 15.9 Å². The predicted molar refractivity (Wildman–Crippen MR) is 120 cm³/mol. The van der Waals surface area contributed by atoms with Gasteiger partial charge in [0.15, 0.2) is 0 Å². The molecule has 1 heteroatoms. The van der Waals surface area contributed by atoms with E-state index in [9.17, 15) is 0 Å². The monoisotopic (exact) mass is 362 g/mol. The molecule has 0 bridgehead atoms. The number of fused-ring (bicyclic) bond motifs is 3. The average molecular weight is 362 g/mol. The van der Waals surface area contributed by atoms with Crippen LogP contribution in [0, 0.1) is 0 Å². The first-order valence-corrected chi connectivity index (χ1v) is 10.6. The summed E-state index contributed by atoms with van der Waals surface area (Å²) in [6.07, 6.45) is 0. The molecular formula is C26H19P. The van der Waals surface area contributed by atoms with Gasteiger partial charge in [0.1, 0.15) is 0 Å². The molecule has 5 rings (SSSR count). The first-order chi connectivity index (χ1) is 13.4. The standard InChI is InChI=1S/C26H19P/c1-3-12-21(13-4-1)27(22-14-5-2-6-15-22)26-19-20-11-7-8-16-23(20)24-17-9-10-18-25(24)26/h1-19H. The largest absolute Gasteiger partial charge is 0.0622 e. The highest BCUT2D eigenvalue weighted by molar-refractivity contribution is 7.80.